The van der Waals surface area contributed by atoms with Crippen molar-refractivity contribution >= 4 is 17.5 Å². The van der Waals surface area contributed by atoms with Gasteiger partial charge in [0.2, 0.25) is 0 Å². The van der Waals surface area contributed by atoms with Crippen LogP contribution in [0.1, 0.15) is 27.2 Å². The van der Waals surface area contributed by atoms with Crippen LogP contribution in [0, 0.1) is 12.7 Å². The Morgan fingerprint density at radius 3 is 2.56 bits per heavy atom. The molecular formula is C20H17ClFNO2. The molecule has 0 atom stereocenters. The average Bonchev–Trinajstić information content (AvgIpc) is 3.10. The lowest BCUT2D eigenvalue weighted by Gasteiger charge is -2.23. The molecule has 0 N–H and O–H groups in total. The van der Waals surface area contributed by atoms with Crippen LogP contribution in [0.4, 0.5) is 4.39 Å². The van der Waals surface area contributed by atoms with Gasteiger partial charge in [-0.1, -0.05) is 35.9 Å². The van der Waals surface area contributed by atoms with Crippen LogP contribution in [0.2, 0.25) is 5.02 Å². The molecule has 1 heterocycles. The predicted octanol–water partition coefficient (Wildman–Crippen LogP) is 5.22. The van der Waals surface area contributed by atoms with Crippen LogP contribution in [0.5, 0.6) is 0 Å². The Labute approximate surface area is 150 Å². The van der Waals surface area contributed by atoms with E-state index in [9.17, 15) is 9.18 Å². The number of carbonyl (C=O) groups excluding carboxylic acids is 1. The van der Waals surface area contributed by atoms with E-state index in [1.807, 2.05) is 19.1 Å². The summed E-state index contributed by atoms with van der Waals surface area (Å²) < 4.78 is 19.5. The van der Waals surface area contributed by atoms with Crippen LogP contribution in [0.25, 0.3) is 0 Å². The first-order valence-corrected chi connectivity index (χ1v) is 8.24. The molecule has 3 aromatic rings. The first-order chi connectivity index (χ1) is 12.1. The van der Waals surface area contributed by atoms with Crippen LogP contribution in [0.3, 0.4) is 0 Å². The topological polar surface area (TPSA) is 33.5 Å². The summed E-state index contributed by atoms with van der Waals surface area (Å²) >= 11 is 6.14. The summed E-state index contributed by atoms with van der Waals surface area (Å²) in [6.45, 7) is 2.15. The van der Waals surface area contributed by atoms with Gasteiger partial charge < -0.3 is 9.32 Å². The third-order valence-corrected chi connectivity index (χ3v) is 4.35. The van der Waals surface area contributed by atoms with E-state index in [2.05, 4.69) is 0 Å². The average molecular weight is 358 g/mol. The number of rotatable bonds is 5. The van der Waals surface area contributed by atoms with Gasteiger partial charge in [-0.15, -0.1) is 0 Å². The summed E-state index contributed by atoms with van der Waals surface area (Å²) in [5.41, 5.74) is 1.72. The van der Waals surface area contributed by atoms with Crippen LogP contribution >= 0.6 is 11.6 Å². The fourth-order valence-electron chi connectivity index (χ4n) is 2.65. The second-order valence-electron chi connectivity index (χ2n) is 5.76. The van der Waals surface area contributed by atoms with Crippen LogP contribution in [-0.2, 0) is 13.1 Å². The molecule has 1 amide bonds. The summed E-state index contributed by atoms with van der Waals surface area (Å²) in [4.78, 5) is 14.6. The number of hydrogen-bond acceptors (Lipinski definition) is 2. The number of halogens is 2. The molecule has 0 aliphatic carbocycles. The highest BCUT2D eigenvalue weighted by atomic mass is 35.5. The first-order valence-electron chi connectivity index (χ1n) is 7.86. The lowest BCUT2D eigenvalue weighted by Crippen LogP contribution is -2.31. The van der Waals surface area contributed by atoms with Crippen molar-refractivity contribution in [2.75, 3.05) is 0 Å². The van der Waals surface area contributed by atoms with Crippen molar-refractivity contribution in [3.05, 3.63) is 94.2 Å². The van der Waals surface area contributed by atoms with Gasteiger partial charge in [0, 0.05) is 16.1 Å². The first kappa shape index (κ1) is 17.2. The summed E-state index contributed by atoms with van der Waals surface area (Å²) in [7, 11) is 0. The van der Waals surface area contributed by atoms with E-state index >= 15 is 0 Å². The van der Waals surface area contributed by atoms with E-state index in [0.29, 0.717) is 16.3 Å². The van der Waals surface area contributed by atoms with Crippen LogP contribution in [0.15, 0.2) is 65.3 Å². The van der Waals surface area contributed by atoms with E-state index in [0.717, 1.165) is 5.56 Å². The van der Waals surface area contributed by atoms with E-state index in [4.69, 9.17) is 16.0 Å². The summed E-state index contributed by atoms with van der Waals surface area (Å²) in [6.07, 6.45) is 1.54. The van der Waals surface area contributed by atoms with Crippen molar-refractivity contribution in [2.45, 2.75) is 20.0 Å². The fraction of sp³-hybridized carbons (Fsp3) is 0.150. The molecule has 0 saturated carbocycles. The standard InChI is InChI=1S/C20H17ClFNO2/c1-14-6-2-3-8-16(14)20(24)23(12-15-7-5-11-25-15)13-17-18(21)9-4-10-19(17)22/h2-11H,12-13H2,1H3. The molecule has 0 spiro atoms. The molecule has 128 valence electrons. The van der Waals surface area contributed by atoms with Gasteiger partial charge in [0.25, 0.3) is 5.91 Å². The highest BCUT2D eigenvalue weighted by Gasteiger charge is 2.21. The van der Waals surface area contributed by atoms with E-state index < -0.39 is 5.82 Å². The van der Waals surface area contributed by atoms with Gasteiger partial charge in [-0.05, 0) is 42.8 Å². The van der Waals surface area contributed by atoms with E-state index in [-0.39, 0.29) is 24.6 Å². The number of furan rings is 1. The third-order valence-electron chi connectivity index (χ3n) is 4.00. The Hall–Kier alpha value is -2.59. The largest absolute Gasteiger partial charge is 0.467 e. The second-order valence-corrected chi connectivity index (χ2v) is 6.16. The summed E-state index contributed by atoms with van der Waals surface area (Å²) in [5, 5.41) is 0.294. The number of hydrogen-bond donors (Lipinski definition) is 0. The molecular weight excluding hydrogens is 341 g/mol. The van der Waals surface area contributed by atoms with Gasteiger partial charge in [0.15, 0.2) is 0 Å². The van der Waals surface area contributed by atoms with Gasteiger partial charge in [-0.2, -0.15) is 0 Å². The minimum atomic E-state index is -0.436. The molecule has 0 saturated heterocycles. The van der Waals surface area contributed by atoms with Gasteiger partial charge in [0.1, 0.15) is 11.6 Å². The van der Waals surface area contributed by atoms with E-state index in [1.54, 1.807) is 42.7 Å². The second kappa shape index (κ2) is 7.53. The zero-order valence-electron chi connectivity index (χ0n) is 13.7. The lowest BCUT2D eigenvalue weighted by atomic mass is 10.1. The molecule has 3 rings (SSSR count). The SMILES string of the molecule is Cc1ccccc1C(=O)N(Cc1ccco1)Cc1c(F)cccc1Cl. The van der Waals surface area contributed by atoms with Gasteiger partial charge >= 0.3 is 0 Å². The quantitative estimate of drug-likeness (QED) is 0.627. The van der Waals surface area contributed by atoms with Crippen molar-refractivity contribution in [1.82, 2.24) is 4.90 Å². The Morgan fingerprint density at radius 2 is 1.88 bits per heavy atom. The Morgan fingerprint density at radius 1 is 1.08 bits per heavy atom. The maximum Gasteiger partial charge on any atom is 0.254 e. The van der Waals surface area contributed by atoms with Gasteiger partial charge in [0.05, 0.1) is 19.4 Å². The van der Waals surface area contributed by atoms with Crippen LogP contribution in [-0.4, -0.2) is 10.8 Å². The smallest absolute Gasteiger partial charge is 0.254 e. The zero-order valence-corrected chi connectivity index (χ0v) is 14.5. The highest BCUT2D eigenvalue weighted by molar-refractivity contribution is 6.31. The molecule has 2 aromatic carbocycles. The predicted molar refractivity (Wildman–Crippen MR) is 94.9 cm³/mol. The van der Waals surface area contributed by atoms with Gasteiger partial charge in [-0.25, -0.2) is 4.39 Å². The lowest BCUT2D eigenvalue weighted by molar-refractivity contribution is 0.0715. The monoisotopic (exact) mass is 357 g/mol. The molecule has 0 fully saturated rings. The minimum Gasteiger partial charge on any atom is -0.467 e. The maximum absolute atomic E-state index is 14.2. The molecule has 1 aromatic heterocycles. The Balaban J connectivity index is 1.95. The number of nitrogens with zero attached hydrogens (tertiary/aromatic N) is 1. The van der Waals surface area contributed by atoms with Crippen LogP contribution < -0.4 is 0 Å². The molecule has 0 bridgehead atoms. The number of benzene rings is 2. The number of amides is 1. The molecule has 0 aliphatic rings. The highest BCUT2D eigenvalue weighted by Crippen LogP contribution is 2.23. The summed E-state index contributed by atoms with van der Waals surface area (Å²) in [5.74, 6) is -0.0160. The zero-order chi connectivity index (χ0) is 17.8. The van der Waals surface area contributed by atoms with Crippen molar-refractivity contribution in [1.29, 1.82) is 0 Å². The molecule has 0 unspecified atom stereocenters. The number of carbonyl (C=O) groups is 1. The normalized spacial score (nSPS) is 10.7. The molecule has 0 radical (unpaired) electrons. The molecule has 3 nitrogen and oxygen atoms in total. The van der Waals surface area contributed by atoms with Crippen molar-refractivity contribution in [3.8, 4) is 0 Å². The van der Waals surface area contributed by atoms with Crippen molar-refractivity contribution < 1.29 is 13.6 Å². The third kappa shape index (κ3) is 3.91. The maximum atomic E-state index is 14.2. The molecule has 25 heavy (non-hydrogen) atoms. The minimum absolute atomic E-state index is 0.0549. The Kier molecular flexibility index (Phi) is 5.19. The fourth-order valence-corrected chi connectivity index (χ4v) is 2.87. The van der Waals surface area contributed by atoms with E-state index in [1.165, 1.54) is 11.0 Å². The van der Waals surface area contributed by atoms with Crippen molar-refractivity contribution in [3.63, 3.8) is 0 Å². The summed E-state index contributed by atoms with van der Waals surface area (Å²) in [6, 6.07) is 15.3. The Bertz CT molecular complexity index is 857. The molecule has 0 aliphatic heterocycles. The molecule has 5 heteroatoms. The van der Waals surface area contributed by atoms with Crippen molar-refractivity contribution in [2.24, 2.45) is 0 Å². The van der Waals surface area contributed by atoms with Gasteiger partial charge in [-0.3, -0.25) is 4.79 Å². The number of aryl methyl sites for hydroxylation is 1.